The van der Waals surface area contributed by atoms with Gasteiger partial charge in [0.1, 0.15) is 17.2 Å². The van der Waals surface area contributed by atoms with Crippen molar-refractivity contribution in [1.82, 2.24) is 4.98 Å². The van der Waals surface area contributed by atoms with E-state index in [0.717, 1.165) is 22.4 Å². The van der Waals surface area contributed by atoms with Crippen LogP contribution in [0, 0.1) is 0 Å². The number of carbonyl (C=O) groups excluding carboxylic acids is 1. The molecular formula is C27H26N2O4S. The average molecular weight is 475 g/mol. The Kier molecular flexibility index (Phi) is 7.23. The fraction of sp³-hybridized carbons (Fsp3) is 0.185. The summed E-state index contributed by atoms with van der Waals surface area (Å²) in [4.78, 5) is 18.9. The number of nitrogens with one attached hydrogen (secondary N) is 1. The van der Waals surface area contributed by atoms with E-state index in [1.54, 1.807) is 12.1 Å². The van der Waals surface area contributed by atoms with Crippen LogP contribution in [0.5, 0.6) is 11.5 Å². The van der Waals surface area contributed by atoms with Crippen molar-refractivity contribution in [2.45, 2.75) is 30.6 Å². The largest absolute Gasteiger partial charge is 0.508 e. The maximum atomic E-state index is 13.4. The molecule has 0 aliphatic carbocycles. The molecule has 1 aromatic heterocycles. The first-order valence-electron chi connectivity index (χ1n) is 11.0. The van der Waals surface area contributed by atoms with Crippen molar-refractivity contribution >= 4 is 24.4 Å². The number of phenols is 1. The van der Waals surface area contributed by atoms with Gasteiger partial charge >= 0.3 is 0 Å². The van der Waals surface area contributed by atoms with E-state index in [9.17, 15) is 9.90 Å². The van der Waals surface area contributed by atoms with Crippen LogP contribution in [0.3, 0.4) is 0 Å². The number of rotatable bonds is 8. The number of ether oxygens (including phenoxy) is 1. The number of anilines is 1. The Morgan fingerprint density at radius 3 is 2.47 bits per heavy atom. The van der Waals surface area contributed by atoms with E-state index in [-0.39, 0.29) is 17.5 Å². The van der Waals surface area contributed by atoms with E-state index in [4.69, 9.17) is 9.15 Å². The third-order valence-corrected chi connectivity index (χ3v) is 5.83. The highest BCUT2D eigenvalue weighted by atomic mass is 32.1. The molecular weight excluding hydrogens is 448 g/mol. The third kappa shape index (κ3) is 5.10. The van der Waals surface area contributed by atoms with E-state index >= 15 is 0 Å². The molecule has 4 aromatic rings. The highest BCUT2D eigenvalue weighted by Gasteiger charge is 2.26. The number of oxazole rings is 1. The van der Waals surface area contributed by atoms with Gasteiger partial charge in [0.25, 0.3) is 0 Å². The molecule has 1 amide bonds. The van der Waals surface area contributed by atoms with E-state index in [0.29, 0.717) is 29.3 Å². The van der Waals surface area contributed by atoms with Crippen LogP contribution in [0.1, 0.15) is 31.2 Å². The van der Waals surface area contributed by atoms with E-state index in [1.165, 1.54) is 13.2 Å². The number of aromatic hydroxyl groups is 1. The molecule has 3 aromatic carbocycles. The molecule has 34 heavy (non-hydrogen) atoms. The van der Waals surface area contributed by atoms with E-state index in [2.05, 4.69) is 22.9 Å². The molecule has 0 saturated carbocycles. The highest BCUT2D eigenvalue weighted by Crippen LogP contribution is 2.36. The first-order chi connectivity index (χ1) is 16.5. The summed E-state index contributed by atoms with van der Waals surface area (Å²) in [5, 5.41) is 13.5. The molecule has 174 valence electrons. The second-order valence-electron chi connectivity index (χ2n) is 7.86. The second-order valence-corrected chi connectivity index (χ2v) is 8.38. The van der Waals surface area contributed by atoms with E-state index in [1.807, 2.05) is 61.5 Å². The Labute approximate surface area is 204 Å². The molecule has 0 bridgehead atoms. The zero-order chi connectivity index (χ0) is 24.1. The number of benzene rings is 3. The summed E-state index contributed by atoms with van der Waals surface area (Å²) in [7, 11) is 1.53. The van der Waals surface area contributed by atoms with Crippen molar-refractivity contribution in [3.63, 3.8) is 0 Å². The van der Waals surface area contributed by atoms with Gasteiger partial charge < -0.3 is 14.3 Å². The van der Waals surface area contributed by atoms with Gasteiger partial charge in [-0.1, -0.05) is 49.7 Å². The average Bonchev–Trinajstić information content (AvgIpc) is 3.27. The Bertz CT molecular complexity index is 1270. The van der Waals surface area contributed by atoms with Crippen LogP contribution in [0.4, 0.5) is 5.88 Å². The molecule has 0 aliphatic rings. The minimum atomic E-state index is -0.573. The Hall–Kier alpha value is -3.71. The molecule has 1 atom stereocenters. The zero-order valence-electron chi connectivity index (χ0n) is 19.0. The third-order valence-electron chi connectivity index (χ3n) is 5.53. The summed E-state index contributed by atoms with van der Waals surface area (Å²) in [6, 6.07) is 21.9. The van der Waals surface area contributed by atoms with Crippen LogP contribution in [0.25, 0.3) is 22.7 Å². The fourth-order valence-corrected chi connectivity index (χ4v) is 3.93. The number of aromatic nitrogens is 1. The van der Waals surface area contributed by atoms with Gasteiger partial charge in [-0.05, 0) is 36.8 Å². The maximum absolute atomic E-state index is 13.4. The second kappa shape index (κ2) is 10.5. The fourth-order valence-electron chi connectivity index (χ4n) is 3.78. The molecule has 0 saturated heterocycles. The normalized spacial score (nSPS) is 11.7. The molecule has 4 rings (SSSR count). The van der Waals surface area contributed by atoms with Gasteiger partial charge in [0, 0.05) is 27.7 Å². The van der Waals surface area contributed by atoms with E-state index < -0.39 is 5.92 Å². The van der Waals surface area contributed by atoms with Gasteiger partial charge in [-0.2, -0.15) is 0 Å². The summed E-state index contributed by atoms with van der Waals surface area (Å²) < 4.78 is 11.2. The topological polar surface area (TPSA) is 84.6 Å². The summed E-state index contributed by atoms with van der Waals surface area (Å²) in [6.07, 6.45) is 1.31. The Morgan fingerprint density at radius 1 is 1.09 bits per heavy atom. The first-order valence-corrected chi connectivity index (χ1v) is 11.5. The van der Waals surface area contributed by atoms with Gasteiger partial charge in [0.05, 0.1) is 13.0 Å². The smallest absolute Gasteiger partial charge is 0.234 e. The van der Waals surface area contributed by atoms with Crippen LogP contribution < -0.4 is 10.1 Å². The van der Waals surface area contributed by atoms with Crippen molar-refractivity contribution < 1.29 is 19.1 Å². The number of thiol groups is 1. The monoisotopic (exact) mass is 474 g/mol. The predicted octanol–water partition coefficient (Wildman–Crippen LogP) is 6.53. The molecule has 7 heteroatoms. The molecule has 0 radical (unpaired) electrons. The lowest BCUT2D eigenvalue weighted by molar-refractivity contribution is -0.117. The van der Waals surface area contributed by atoms with Crippen molar-refractivity contribution in [3.05, 3.63) is 78.4 Å². The molecule has 1 unspecified atom stereocenters. The van der Waals surface area contributed by atoms with Gasteiger partial charge in [0.2, 0.25) is 17.7 Å². The number of phenolic OH excluding ortho intramolecular Hbond substituents is 1. The standard InChI is InChI=1S/C27H26N2O4S/c1-3-7-22(21-15-12-19(32-2)16-23(21)30)25(31)29-27-24(17-8-5-4-6-9-17)28-26(33-27)18-10-13-20(34)14-11-18/h4-6,8-16,22,30,34H,3,7H2,1-2H3,(H,29,31). The maximum Gasteiger partial charge on any atom is 0.234 e. The summed E-state index contributed by atoms with van der Waals surface area (Å²) in [5.74, 6) is 0.332. The van der Waals surface area contributed by atoms with Crippen molar-refractivity contribution in [1.29, 1.82) is 0 Å². The van der Waals surface area contributed by atoms with Crippen LogP contribution >= 0.6 is 12.6 Å². The predicted molar refractivity (Wildman–Crippen MR) is 136 cm³/mol. The van der Waals surface area contributed by atoms with Crippen LogP contribution in [0.15, 0.2) is 82.1 Å². The first kappa shape index (κ1) is 23.4. The minimum absolute atomic E-state index is 0.0151. The van der Waals surface area contributed by atoms with Gasteiger partial charge in [-0.15, -0.1) is 12.6 Å². The summed E-state index contributed by atoms with van der Waals surface area (Å²) >= 11 is 4.33. The molecule has 0 fully saturated rings. The molecule has 2 N–H and O–H groups in total. The lowest BCUT2D eigenvalue weighted by Crippen LogP contribution is -2.21. The van der Waals surface area contributed by atoms with Gasteiger partial charge in [-0.3, -0.25) is 10.1 Å². The lowest BCUT2D eigenvalue weighted by atomic mass is 9.92. The number of hydrogen-bond acceptors (Lipinski definition) is 6. The lowest BCUT2D eigenvalue weighted by Gasteiger charge is -2.17. The molecule has 6 nitrogen and oxygen atoms in total. The molecule has 0 spiro atoms. The van der Waals surface area contributed by atoms with Crippen LogP contribution in [-0.4, -0.2) is 23.1 Å². The SMILES string of the molecule is CCCC(C(=O)Nc1oc(-c2ccc(S)cc2)nc1-c1ccccc1)c1ccc(OC)cc1O. The summed E-state index contributed by atoms with van der Waals surface area (Å²) in [6.45, 7) is 1.99. The Morgan fingerprint density at radius 2 is 1.82 bits per heavy atom. The van der Waals surface area contributed by atoms with Crippen LogP contribution in [0.2, 0.25) is 0 Å². The van der Waals surface area contributed by atoms with Crippen molar-refractivity contribution in [2.75, 3.05) is 12.4 Å². The molecule has 1 heterocycles. The summed E-state index contributed by atoms with van der Waals surface area (Å²) in [5.41, 5.74) is 2.66. The quantitative estimate of drug-likeness (QED) is 0.253. The molecule has 0 aliphatic heterocycles. The number of methoxy groups -OCH3 is 1. The number of hydrogen-bond donors (Lipinski definition) is 3. The Balaban J connectivity index is 1.71. The highest BCUT2D eigenvalue weighted by molar-refractivity contribution is 7.80. The van der Waals surface area contributed by atoms with Crippen molar-refractivity contribution in [2.24, 2.45) is 0 Å². The van der Waals surface area contributed by atoms with Crippen LogP contribution in [-0.2, 0) is 4.79 Å². The minimum Gasteiger partial charge on any atom is -0.508 e. The zero-order valence-corrected chi connectivity index (χ0v) is 19.9. The number of amides is 1. The van der Waals surface area contributed by atoms with Gasteiger partial charge in [-0.25, -0.2) is 4.98 Å². The number of carbonyl (C=O) groups is 1. The van der Waals surface area contributed by atoms with Gasteiger partial charge in [0.15, 0.2) is 0 Å². The van der Waals surface area contributed by atoms with Crippen molar-refractivity contribution in [3.8, 4) is 34.2 Å². The number of nitrogens with zero attached hydrogens (tertiary/aromatic N) is 1.